The summed E-state index contributed by atoms with van der Waals surface area (Å²) in [7, 11) is 0. The molecule has 0 saturated heterocycles. The number of Topliss-reactive ketones (excluding diaryl/α,β-unsaturated/α-hetero) is 1. The first-order chi connectivity index (χ1) is 7.24. The minimum Gasteiger partial charge on any atom is -0.298 e. The van der Waals surface area contributed by atoms with Crippen molar-refractivity contribution in [1.82, 2.24) is 0 Å². The highest BCUT2D eigenvalue weighted by atomic mass is 32.2. The van der Waals surface area contributed by atoms with Crippen LogP contribution in [-0.2, 0) is 4.79 Å². The first-order valence-electron chi connectivity index (χ1n) is 6.38. The summed E-state index contributed by atoms with van der Waals surface area (Å²) in [5.74, 6) is 1.66. The van der Waals surface area contributed by atoms with Crippen molar-refractivity contribution in [2.45, 2.75) is 64.0 Å². The van der Waals surface area contributed by atoms with Gasteiger partial charge in [0.2, 0.25) is 0 Å². The number of rotatable bonds is 5. The molecule has 15 heavy (non-hydrogen) atoms. The highest BCUT2D eigenvalue weighted by Gasteiger charge is 2.20. The van der Waals surface area contributed by atoms with E-state index in [2.05, 4.69) is 13.8 Å². The SMILES string of the molecule is CCC(C)SCC(=O)C1CCCCCC1. The van der Waals surface area contributed by atoms with E-state index in [9.17, 15) is 4.79 Å². The van der Waals surface area contributed by atoms with Gasteiger partial charge in [-0.15, -0.1) is 0 Å². The molecule has 1 nitrogen and oxygen atoms in total. The fourth-order valence-corrected chi connectivity index (χ4v) is 2.98. The molecule has 1 unspecified atom stereocenters. The maximum absolute atomic E-state index is 12.0. The molecule has 0 aromatic rings. The van der Waals surface area contributed by atoms with Crippen LogP contribution in [0, 0.1) is 5.92 Å². The number of carbonyl (C=O) groups excluding carboxylic acids is 1. The molecule has 2 heteroatoms. The topological polar surface area (TPSA) is 17.1 Å². The average Bonchev–Trinajstić information content (AvgIpc) is 2.53. The zero-order valence-electron chi connectivity index (χ0n) is 10.1. The number of carbonyl (C=O) groups is 1. The molecule has 1 atom stereocenters. The molecule has 0 aliphatic heterocycles. The normalized spacial score (nSPS) is 20.9. The van der Waals surface area contributed by atoms with Gasteiger partial charge in [-0.3, -0.25) is 4.79 Å². The lowest BCUT2D eigenvalue weighted by Gasteiger charge is -2.14. The number of ketones is 1. The van der Waals surface area contributed by atoms with Crippen LogP contribution in [0.2, 0.25) is 0 Å². The maximum atomic E-state index is 12.0. The summed E-state index contributed by atoms with van der Waals surface area (Å²) in [5, 5.41) is 0.639. The molecule has 0 amide bonds. The van der Waals surface area contributed by atoms with Crippen molar-refractivity contribution in [3.8, 4) is 0 Å². The van der Waals surface area contributed by atoms with Crippen molar-refractivity contribution < 1.29 is 4.79 Å². The lowest BCUT2D eigenvalue weighted by Crippen LogP contribution is -2.17. The van der Waals surface area contributed by atoms with Crippen molar-refractivity contribution >= 4 is 17.5 Å². The molecule has 88 valence electrons. The van der Waals surface area contributed by atoms with E-state index in [-0.39, 0.29) is 0 Å². The summed E-state index contributed by atoms with van der Waals surface area (Å²) in [4.78, 5) is 12.0. The minimum absolute atomic E-state index is 0.393. The van der Waals surface area contributed by atoms with E-state index >= 15 is 0 Å². The highest BCUT2D eigenvalue weighted by molar-refractivity contribution is 8.00. The van der Waals surface area contributed by atoms with E-state index in [1.807, 2.05) is 11.8 Å². The Kier molecular flexibility index (Phi) is 6.39. The van der Waals surface area contributed by atoms with Crippen LogP contribution < -0.4 is 0 Å². The van der Waals surface area contributed by atoms with Gasteiger partial charge in [0, 0.05) is 11.2 Å². The van der Waals surface area contributed by atoms with Gasteiger partial charge in [0.25, 0.3) is 0 Å². The van der Waals surface area contributed by atoms with Gasteiger partial charge in [-0.05, 0) is 19.3 Å². The Morgan fingerprint density at radius 1 is 1.27 bits per heavy atom. The fraction of sp³-hybridized carbons (Fsp3) is 0.923. The Hall–Kier alpha value is 0.0200. The second-order valence-electron chi connectivity index (χ2n) is 4.68. The van der Waals surface area contributed by atoms with Gasteiger partial charge in [0.05, 0.1) is 5.75 Å². The number of hydrogen-bond acceptors (Lipinski definition) is 2. The van der Waals surface area contributed by atoms with Crippen LogP contribution in [0.25, 0.3) is 0 Å². The number of hydrogen-bond donors (Lipinski definition) is 0. The second kappa shape index (κ2) is 7.32. The Labute approximate surface area is 98.4 Å². The molecule has 0 spiro atoms. The van der Waals surface area contributed by atoms with Crippen LogP contribution in [0.4, 0.5) is 0 Å². The maximum Gasteiger partial charge on any atom is 0.145 e. The summed E-state index contributed by atoms with van der Waals surface area (Å²) in [6.45, 7) is 4.40. The Morgan fingerprint density at radius 2 is 1.87 bits per heavy atom. The van der Waals surface area contributed by atoms with Crippen LogP contribution in [0.1, 0.15) is 58.8 Å². The van der Waals surface area contributed by atoms with Crippen molar-refractivity contribution in [2.24, 2.45) is 5.92 Å². The molecule has 0 N–H and O–H groups in total. The molecule has 0 aromatic carbocycles. The Morgan fingerprint density at radius 3 is 2.40 bits per heavy atom. The van der Waals surface area contributed by atoms with E-state index < -0.39 is 0 Å². The van der Waals surface area contributed by atoms with Gasteiger partial charge in [-0.25, -0.2) is 0 Å². The molecule has 0 bridgehead atoms. The van der Waals surface area contributed by atoms with Gasteiger partial charge in [0.1, 0.15) is 5.78 Å². The summed E-state index contributed by atoms with van der Waals surface area (Å²) in [5.41, 5.74) is 0. The van der Waals surface area contributed by atoms with Crippen LogP contribution in [0.5, 0.6) is 0 Å². The third-order valence-electron chi connectivity index (χ3n) is 3.40. The first-order valence-corrected chi connectivity index (χ1v) is 7.43. The third-order valence-corrected chi connectivity index (χ3v) is 4.75. The summed E-state index contributed by atoms with van der Waals surface area (Å²) in [6.07, 6.45) is 8.68. The zero-order chi connectivity index (χ0) is 11.1. The molecule has 1 saturated carbocycles. The lowest BCUT2D eigenvalue weighted by atomic mass is 9.96. The van der Waals surface area contributed by atoms with Gasteiger partial charge < -0.3 is 0 Å². The molecule has 0 aromatic heterocycles. The van der Waals surface area contributed by atoms with E-state index in [0.29, 0.717) is 17.0 Å². The predicted molar refractivity (Wildman–Crippen MR) is 68.4 cm³/mol. The zero-order valence-corrected chi connectivity index (χ0v) is 10.9. The quantitative estimate of drug-likeness (QED) is 0.660. The summed E-state index contributed by atoms with van der Waals surface area (Å²) < 4.78 is 0. The van der Waals surface area contributed by atoms with E-state index in [1.165, 1.54) is 32.1 Å². The van der Waals surface area contributed by atoms with Gasteiger partial charge >= 0.3 is 0 Å². The van der Waals surface area contributed by atoms with E-state index in [0.717, 1.165) is 18.6 Å². The van der Waals surface area contributed by atoms with Crippen molar-refractivity contribution in [3.63, 3.8) is 0 Å². The van der Waals surface area contributed by atoms with E-state index in [4.69, 9.17) is 0 Å². The van der Waals surface area contributed by atoms with Gasteiger partial charge in [-0.1, -0.05) is 39.5 Å². The second-order valence-corrected chi connectivity index (χ2v) is 6.11. The van der Waals surface area contributed by atoms with Gasteiger partial charge in [-0.2, -0.15) is 11.8 Å². The molecular weight excluding hydrogens is 204 g/mol. The van der Waals surface area contributed by atoms with E-state index in [1.54, 1.807) is 0 Å². The molecule has 1 aliphatic rings. The standard InChI is InChI=1S/C13H24OS/c1-3-11(2)15-10-13(14)12-8-6-4-5-7-9-12/h11-12H,3-10H2,1-2H3. The van der Waals surface area contributed by atoms with Crippen molar-refractivity contribution in [3.05, 3.63) is 0 Å². The van der Waals surface area contributed by atoms with Crippen LogP contribution in [0.3, 0.4) is 0 Å². The summed E-state index contributed by atoms with van der Waals surface area (Å²) >= 11 is 1.84. The molecule has 1 fully saturated rings. The minimum atomic E-state index is 0.393. The molecule has 0 heterocycles. The molecule has 0 radical (unpaired) electrons. The largest absolute Gasteiger partial charge is 0.298 e. The van der Waals surface area contributed by atoms with Crippen molar-refractivity contribution in [2.75, 3.05) is 5.75 Å². The molecule has 1 aliphatic carbocycles. The lowest BCUT2D eigenvalue weighted by molar-refractivity contribution is -0.120. The average molecular weight is 228 g/mol. The Bertz CT molecular complexity index is 183. The van der Waals surface area contributed by atoms with Crippen LogP contribution in [-0.4, -0.2) is 16.8 Å². The molecular formula is C13H24OS. The first kappa shape index (κ1) is 13.1. The summed E-state index contributed by atoms with van der Waals surface area (Å²) in [6, 6.07) is 0. The highest BCUT2D eigenvalue weighted by Crippen LogP contribution is 2.25. The third kappa shape index (κ3) is 5.05. The van der Waals surface area contributed by atoms with Crippen LogP contribution >= 0.6 is 11.8 Å². The monoisotopic (exact) mass is 228 g/mol. The smallest absolute Gasteiger partial charge is 0.145 e. The van der Waals surface area contributed by atoms with Crippen LogP contribution in [0.15, 0.2) is 0 Å². The van der Waals surface area contributed by atoms with Gasteiger partial charge in [0.15, 0.2) is 0 Å². The fourth-order valence-electron chi connectivity index (χ4n) is 2.06. The Balaban J connectivity index is 2.25. The molecule has 1 rings (SSSR count). The number of thioether (sulfide) groups is 1. The predicted octanol–water partition coefficient (Wildman–Crippen LogP) is 4.06. The van der Waals surface area contributed by atoms with Crippen molar-refractivity contribution in [1.29, 1.82) is 0 Å².